The Bertz CT molecular complexity index is 1020. The van der Waals surface area contributed by atoms with Crippen LogP contribution in [0, 0.1) is 0 Å². The largest absolute Gasteiger partial charge is 0.494 e. The first kappa shape index (κ1) is 20.3. The van der Waals surface area contributed by atoms with Gasteiger partial charge in [-0.1, -0.05) is 23.7 Å². The van der Waals surface area contributed by atoms with Gasteiger partial charge in [0.25, 0.3) is 0 Å². The topological polar surface area (TPSA) is 110 Å². The number of rotatable bonds is 7. The first-order valence-electron chi connectivity index (χ1n) is 8.82. The zero-order chi connectivity index (χ0) is 21.0. The van der Waals surface area contributed by atoms with E-state index in [9.17, 15) is 0 Å². The molecule has 0 amide bonds. The fraction of sp³-hybridized carbons (Fsp3) is 0.200. The van der Waals surface area contributed by atoms with E-state index in [1.54, 1.807) is 43.1 Å². The average Bonchev–Trinajstić information content (AvgIpc) is 3.03. The minimum atomic E-state index is 0.0503. The zero-order valence-electron chi connectivity index (χ0n) is 16.3. The Morgan fingerprint density at radius 3 is 2.34 bits per heavy atom. The second-order valence-corrected chi connectivity index (χ2v) is 6.31. The molecule has 9 heteroatoms. The lowest BCUT2D eigenvalue weighted by Gasteiger charge is -2.17. The molecule has 0 fully saturated rings. The second kappa shape index (κ2) is 8.74. The number of halogens is 1. The number of pyridine rings is 1. The third kappa shape index (κ3) is 4.07. The highest BCUT2D eigenvalue weighted by molar-refractivity contribution is 6.31. The SMILES string of the molecule is CCOc1cccc(-c2nc(N)c(/C=C(\N)Cl)n2-c2c(OC)cccc2OC)n1. The number of methoxy groups -OCH3 is 2. The fourth-order valence-corrected chi connectivity index (χ4v) is 3.04. The molecule has 3 aromatic rings. The highest BCUT2D eigenvalue weighted by Crippen LogP contribution is 2.38. The number of nitrogens with two attached hydrogens (primary N) is 2. The van der Waals surface area contributed by atoms with E-state index in [1.165, 1.54) is 6.08 Å². The van der Waals surface area contributed by atoms with Crippen LogP contribution in [0.3, 0.4) is 0 Å². The van der Waals surface area contributed by atoms with E-state index in [0.29, 0.717) is 46.9 Å². The minimum Gasteiger partial charge on any atom is -0.494 e. The molecule has 29 heavy (non-hydrogen) atoms. The fourth-order valence-electron chi connectivity index (χ4n) is 2.94. The highest BCUT2D eigenvalue weighted by atomic mass is 35.5. The van der Waals surface area contributed by atoms with Gasteiger partial charge in [-0.25, -0.2) is 9.97 Å². The third-order valence-corrected chi connectivity index (χ3v) is 4.20. The number of benzene rings is 1. The number of para-hydroxylation sites is 1. The third-order valence-electron chi connectivity index (χ3n) is 4.09. The first-order chi connectivity index (χ1) is 14.0. The van der Waals surface area contributed by atoms with E-state index in [0.717, 1.165) is 0 Å². The van der Waals surface area contributed by atoms with Gasteiger partial charge in [-0.2, -0.15) is 0 Å². The van der Waals surface area contributed by atoms with Crippen molar-refractivity contribution in [3.8, 4) is 34.6 Å². The molecule has 0 aliphatic carbocycles. The highest BCUT2D eigenvalue weighted by Gasteiger charge is 2.23. The second-order valence-electron chi connectivity index (χ2n) is 5.88. The Morgan fingerprint density at radius 1 is 1.10 bits per heavy atom. The summed E-state index contributed by atoms with van der Waals surface area (Å²) in [4.78, 5) is 9.05. The molecule has 8 nitrogen and oxygen atoms in total. The molecular formula is C20H22ClN5O3. The standard InChI is InChI=1S/C20H22ClN5O3/c1-4-29-17-10-5-7-12(24-17)20-25-19(23)13(11-16(21)22)26(20)18-14(27-2)8-6-9-15(18)28-3/h5-11H,4,22-23H2,1-3H3/b16-11-. The molecule has 2 aromatic heterocycles. The molecular weight excluding hydrogens is 394 g/mol. The predicted octanol–water partition coefficient (Wildman–Crippen LogP) is 3.43. The van der Waals surface area contributed by atoms with Crippen molar-refractivity contribution in [2.75, 3.05) is 26.6 Å². The van der Waals surface area contributed by atoms with Gasteiger partial charge in [0.2, 0.25) is 5.88 Å². The van der Waals surface area contributed by atoms with Crippen LogP contribution in [0.5, 0.6) is 17.4 Å². The number of nitrogen functional groups attached to an aromatic ring is 1. The van der Waals surface area contributed by atoms with Crippen LogP contribution >= 0.6 is 11.6 Å². The van der Waals surface area contributed by atoms with Crippen molar-refractivity contribution in [3.05, 3.63) is 47.2 Å². The molecule has 0 atom stereocenters. The van der Waals surface area contributed by atoms with Gasteiger partial charge < -0.3 is 25.7 Å². The lowest BCUT2D eigenvalue weighted by molar-refractivity contribution is 0.327. The maximum Gasteiger partial charge on any atom is 0.213 e. The summed E-state index contributed by atoms with van der Waals surface area (Å²) in [6, 6.07) is 10.8. The Kier molecular flexibility index (Phi) is 6.13. The lowest BCUT2D eigenvalue weighted by atomic mass is 10.2. The van der Waals surface area contributed by atoms with Gasteiger partial charge in [-0.15, -0.1) is 0 Å². The quantitative estimate of drug-likeness (QED) is 0.568. The van der Waals surface area contributed by atoms with E-state index < -0.39 is 0 Å². The summed E-state index contributed by atoms with van der Waals surface area (Å²) in [7, 11) is 3.13. The van der Waals surface area contributed by atoms with E-state index >= 15 is 0 Å². The van der Waals surface area contributed by atoms with E-state index in [-0.39, 0.29) is 11.0 Å². The molecule has 0 unspecified atom stereocenters. The van der Waals surface area contributed by atoms with Gasteiger partial charge >= 0.3 is 0 Å². The summed E-state index contributed by atoms with van der Waals surface area (Å²) in [5.41, 5.74) is 13.5. The molecule has 0 radical (unpaired) electrons. The van der Waals surface area contributed by atoms with Gasteiger partial charge in [0.05, 0.1) is 26.5 Å². The van der Waals surface area contributed by atoms with Crippen LogP contribution in [0.4, 0.5) is 5.82 Å². The minimum absolute atomic E-state index is 0.0503. The molecule has 0 aliphatic rings. The molecule has 3 rings (SSSR count). The Morgan fingerprint density at radius 2 is 1.76 bits per heavy atom. The Balaban J connectivity index is 2.37. The first-order valence-corrected chi connectivity index (χ1v) is 9.20. The summed E-state index contributed by atoms with van der Waals surface area (Å²) in [5, 5.41) is 0.0503. The summed E-state index contributed by atoms with van der Waals surface area (Å²) in [5.74, 6) is 2.24. The summed E-state index contributed by atoms with van der Waals surface area (Å²) >= 11 is 5.96. The number of imidazole rings is 1. The van der Waals surface area contributed by atoms with Gasteiger partial charge in [0.15, 0.2) is 5.82 Å². The maximum atomic E-state index is 6.21. The monoisotopic (exact) mass is 415 g/mol. The summed E-state index contributed by atoms with van der Waals surface area (Å²) in [6.07, 6.45) is 1.52. The molecule has 0 saturated heterocycles. The van der Waals surface area contributed by atoms with Crippen LogP contribution in [-0.4, -0.2) is 35.4 Å². The van der Waals surface area contributed by atoms with Crippen molar-refractivity contribution in [2.45, 2.75) is 6.92 Å². The van der Waals surface area contributed by atoms with E-state index in [4.69, 9.17) is 37.3 Å². The number of hydrogen-bond donors (Lipinski definition) is 2. The van der Waals surface area contributed by atoms with Crippen molar-refractivity contribution in [3.63, 3.8) is 0 Å². The van der Waals surface area contributed by atoms with Gasteiger partial charge in [-0.05, 0) is 25.1 Å². The van der Waals surface area contributed by atoms with E-state index in [1.807, 2.05) is 19.1 Å². The molecule has 2 heterocycles. The molecule has 0 aliphatic heterocycles. The number of ether oxygens (including phenoxy) is 3. The van der Waals surface area contributed by atoms with Crippen LogP contribution < -0.4 is 25.7 Å². The number of nitrogens with zero attached hydrogens (tertiary/aromatic N) is 3. The molecule has 0 saturated carbocycles. The summed E-state index contributed by atoms with van der Waals surface area (Å²) < 4.78 is 18.4. The van der Waals surface area contributed by atoms with Gasteiger partial charge in [0.1, 0.15) is 33.9 Å². The van der Waals surface area contributed by atoms with Crippen molar-refractivity contribution in [1.82, 2.24) is 14.5 Å². The molecule has 0 spiro atoms. The number of anilines is 1. The maximum absolute atomic E-state index is 6.21. The number of hydrogen-bond acceptors (Lipinski definition) is 7. The van der Waals surface area contributed by atoms with Crippen LogP contribution in [0.2, 0.25) is 0 Å². The number of aromatic nitrogens is 3. The van der Waals surface area contributed by atoms with Gasteiger partial charge in [0, 0.05) is 12.1 Å². The van der Waals surface area contributed by atoms with Crippen LogP contribution in [-0.2, 0) is 0 Å². The van der Waals surface area contributed by atoms with Crippen LogP contribution in [0.15, 0.2) is 41.6 Å². The molecule has 4 N–H and O–H groups in total. The molecule has 0 bridgehead atoms. The Labute approximate surface area is 173 Å². The van der Waals surface area contributed by atoms with Crippen molar-refractivity contribution in [2.24, 2.45) is 5.73 Å². The van der Waals surface area contributed by atoms with Gasteiger partial charge in [-0.3, -0.25) is 4.57 Å². The average molecular weight is 416 g/mol. The van der Waals surface area contributed by atoms with Crippen molar-refractivity contribution < 1.29 is 14.2 Å². The molecule has 152 valence electrons. The summed E-state index contributed by atoms with van der Waals surface area (Å²) in [6.45, 7) is 2.38. The van der Waals surface area contributed by atoms with Crippen LogP contribution in [0.25, 0.3) is 23.3 Å². The normalized spacial score (nSPS) is 11.4. The predicted molar refractivity (Wildman–Crippen MR) is 113 cm³/mol. The zero-order valence-corrected chi connectivity index (χ0v) is 17.1. The van der Waals surface area contributed by atoms with Crippen LogP contribution in [0.1, 0.15) is 12.6 Å². The van der Waals surface area contributed by atoms with Crippen molar-refractivity contribution in [1.29, 1.82) is 0 Å². The lowest BCUT2D eigenvalue weighted by Crippen LogP contribution is -2.07. The van der Waals surface area contributed by atoms with E-state index in [2.05, 4.69) is 9.97 Å². The Hall–Kier alpha value is -3.39. The molecule has 1 aromatic carbocycles. The smallest absolute Gasteiger partial charge is 0.213 e. The van der Waals surface area contributed by atoms with Crippen molar-refractivity contribution >= 4 is 23.5 Å².